The van der Waals surface area contributed by atoms with Crippen molar-refractivity contribution in [3.63, 3.8) is 0 Å². The summed E-state index contributed by atoms with van der Waals surface area (Å²) in [6, 6.07) is 15.8. The number of rotatable bonds is 7. The molecule has 0 saturated heterocycles. The number of hydrogen-bond acceptors (Lipinski definition) is 2. The van der Waals surface area contributed by atoms with Crippen LogP contribution in [0.3, 0.4) is 0 Å². The van der Waals surface area contributed by atoms with Gasteiger partial charge in [-0.3, -0.25) is 4.79 Å². The summed E-state index contributed by atoms with van der Waals surface area (Å²) in [7, 11) is 0. The molecule has 0 aliphatic carbocycles. The molecule has 0 spiro atoms. The summed E-state index contributed by atoms with van der Waals surface area (Å²) < 4.78 is 5.80. The summed E-state index contributed by atoms with van der Waals surface area (Å²) >= 11 is 3.55. The lowest BCUT2D eigenvalue weighted by Crippen LogP contribution is -2.04. The van der Waals surface area contributed by atoms with Gasteiger partial charge in [-0.1, -0.05) is 58.2 Å². The molecule has 0 aliphatic heterocycles. The number of ether oxygens (including phenoxy) is 1. The third-order valence-corrected chi connectivity index (χ3v) is 4.35. The van der Waals surface area contributed by atoms with E-state index < -0.39 is 5.97 Å². The number of hydrogen-bond donors (Lipinski definition) is 1. The molecule has 0 fully saturated rings. The maximum Gasteiger partial charge on any atom is 0.304 e. The van der Waals surface area contributed by atoms with E-state index in [4.69, 9.17) is 9.84 Å². The molecule has 0 saturated carbocycles. The van der Waals surface area contributed by atoms with E-state index in [2.05, 4.69) is 59.0 Å². The molecule has 25 heavy (non-hydrogen) atoms. The zero-order valence-corrected chi connectivity index (χ0v) is 15.9. The average Bonchev–Trinajstić information content (AvgIpc) is 2.60. The Morgan fingerprint density at radius 1 is 1.12 bits per heavy atom. The fraction of sp³-hybridized carbons (Fsp3) is 0.286. The number of benzene rings is 2. The Kier molecular flexibility index (Phi) is 7.09. The maximum absolute atomic E-state index is 11.0. The van der Waals surface area contributed by atoms with Crippen LogP contribution in [0.4, 0.5) is 0 Å². The van der Waals surface area contributed by atoms with Gasteiger partial charge in [0.05, 0.1) is 12.3 Å². The zero-order chi connectivity index (χ0) is 18.2. The molecular weight excluding hydrogens is 380 g/mol. The number of carbonyl (C=O) groups is 1. The minimum absolute atomic E-state index is 0.000609. The van der Waals surface area contributed by atoms with Crippen molar-refractivity contribution in [3.8, 4) is 17.6 Å². The fourth-order valence-electron chi connectivity index (χ4n) is 2.44. The van der Waals surface area contributed by atoms with Crippen molar-refractivity contribution in [2.24, 2.45) is 0 Å². The number of alkyl halides is 1. The van der Waals surface area contributed by atoms with Crippen molar-refractivity contribution >= 4 is 21.9 Å². The predicted octanol–water partition coefficient (Wildman–Crippen LogP) is 5.30. The highest BCUT2D eigenvalue weighted by atomic mass is 79.9. The highest BCUT2D eigenvalue weighted by Crippen LogP contribution is 2.24. The Morgan fingerprint density at radius 3 is 2.24 bits per heavy atom. The molecule has 0 aliphatic rings. The summed E-state index contributed by atoms with van der Waals surface area (Å²) in [4.78, 5) is 11.3. The van der Waals surface area contributed by atoms with Crippen LogP contribution in [0, 0.1) is 11.8 Å². The summed E-state index contributed by atoms with van der Waals surface area (Å²) in [5.74, 6) is 5.35. The molecule has 2 aromatic rings. The first-order chi connectivity index (χ1) is 12.0. The van der Waals surface area contributed by atoms with E-state index in [1.165, 1.54) is 5.56 Å². The Balaban J connectivity index is 1.99. The maximum atomic E-state index is 11.0. The third-order valence-electron chi connectivity index (χ3n) is 3.82. The molecule has 0 aromatic heterocycles. The molecule has 2 aromatic carbocycles. The molecule has 3 nitrogen and oxygen atoms in total. The molecule has 0 amide bonds. The van der Waals surface area contributed by atoms with Crippen molar-refractivity contribution < 1.29 is 14.6 Å². The first-order valence-electron chi connectivity index (χ1n) is 8.09. The SMILES string of the molecule is CC#C[C@@H](CC(=O)O)c1ccc(OCc2ccc(C(C)Br)cc2)cc1. The molecule has 0 radical (unpaired) electrons. The summed E-state index contributed by atoms with van der Waals surface area (Å²) in [5.41, 5.74) is 3.22. The minimum Gasteiger partial charge on any atom is -0.489 e. The number of carboxylic acid groups (broad SMARTS) is 1. The van der Waals surface area contributed by atoms with Crippen molar-refractivity contribution in [1.29, 1.82) is 0 Å². The highest BCUT2D eigenvalue weighted by molar-refractivity contribution is 9.09. The van der Waals surface area contributed by atoms with Crippen LogP contribution < -0.4 is 4.74 Å². The van der Waals surface area contributed by atoms with Crippen LogP contribution in [-0.2, 0) is 11.4 Å². The fourth-order valence-corrected chi connectivity index (χ4v) is 2.75. The minimum atomic E-state index is -0.852. The summed E-state index contributed by atoms with van der Waals surface area (Å²) in [6.07, 6.45) is -0.000609. The van der Waals surface area contributed by atoms with E-state index in [0.29, 0.717) is 11.4 Å². The van der Waals surface area contributed by atoms with Crippen LogP contribution in [0.2, 0.25) is 0 Å². The van der Waals surface area contributed by atoms with Crippen LogP contribution in [0.15, 0.2) is 48.5 Å². The zero-order valence-electron chi connectivity index (χ0n) is 14.3. The van der Waals surface area contributed by atoms with E-state index in [-0.39, 0.29) is 12.3 Å². The van der Waals surface area contributed by atoms with Gasteiger partial charge in [0.2, 0.25) is 0 Å². The normalized spacial score (nSPS) is 12.6. The summed E-state index contributed by atoms with van der Waals surface area (Å²) in [6.45, 7) is 4.30. The molecule has 2 atom stereocenters. The Labute approximate surface area is 157 Å². The van der Waals surface area contributed by atoms with Crippen LogP contribution >= 0.6 is 15.9 Å². The second kappa shape index (κ2) is 9.29. The lowest BCUT2D eigenvalue weighted by molar-refractivity contribution is -0.137. The van der Waals surface area contributed by atoms with Crippen LogP contribution in [0.25, 0.3) is 0 Å². The molecule has 130 valence electrons. The number of halogens is 1. The Hall–Kier alpha value is -2.25. The molecule has 2 rings (SSSR count). The third kappa shape index (κ3) is 5.95. The molecule has 0 heterocycles. The van der Waals surface area contributed by atoms with Gasteiger partial charge in [-0.05, 0) is 42.7 Å². The predicted molar refractivity (Wildman–Crippen MR) is 103 cm³/mol. The van der Waals surface area contributed by atoms with Gasteiger partial charge in [-0.25, -0.2) is 0 Å². The lowest BCUT2D eigenvalue weighted by Gasteiger charge is -2.11. The molecule has 1 unspecified atom stereocenters. The van der Waals surface area contributed by atoms with Crippen molar-refractivity contribution in [1.82, 2.24) is 0 Å². The largest absolute Gasteiger partial charge is 0.489 e. The Bertz CT molecular complexity index is 752. The van der Waals surface area contributed by atoms with Gasteiger partial charge in [0.25, 0.3) is 0 Å². The number of carboxylic acids is 1. The first kappa shape index (κ1) is 19.1. The number of aliphatic carboxylic acids is 1. The van der Waals surface area contributed by atoms with Gasteiger partial charge in [0, 0.05) is 4.83 Å². The van der Waals surface area contributed by atoms with Gasteiger partial charge in [0.15, 0.2) is 0 Å². The van der Waals surface area contributed by atoms with Crippen LogP contribution in [-0.4, -0.2) is 11.1 Å². The smallest absolute Gasteiger partial charge is 0.304 e. The van der Waals surface area contributed by atoms with E-state index in [0.717, 1.165) is 16.9 Å². The monoisotopic (exact) mass is 400 g/mol. The van der Waals surface area contributed by atoms with Gasteiger partial charge in [0.1, 0.15) is 12.4 Å². The molecular formula is C21H21BrO3. The highest BCUT2D eigenvalue weighted by Gasteiger charge is 2.13. The van der Waals surface area contributed by atoms with Gasteiger partial charge in [-0.15, -0.1) is 5.92 Å². The Morgan fingerprint density at radius 2 is 1.72 bits per heavy atom. The first-order valence-corrected chi connectivity index (χ1v) is 9.01. The second-order valence-electron chi connectivity index (χ2n) is 5.76. The van der Waals surface area contributed by atoms with Gasteiger partial charge >= 0.3 is 5.97 Å². The van der Waals surface area contributed by atoms with Gasteiger partial charge in [-0.2, -0.15) is 0 Å². The van der Waals surface area contributed by atoms with E-state index in [9.17, 15) is 4.79 Å². The summed E-state index contributed by atoms with van der Waals surface area (Å²) in [5, 5.41) is 9.00. The topological polar surface area (TPSA) is 46.5 Å². The van der Waals surface area contributed by atoms with E-state index in [1.807, 2.05) is 24.3 Å². The van der Waals surface area contributed by atoms with E-state index >= 15 is 0 Å². The lowest BCUT2D eigenvalue weighted by atomic mass is 9.96. The van der Waals surface area contributed by atoms with Crippen LogP contribution in [0.5, 0.6) is 5.75 Å². The van der Waals surface area contributed by atoms with Crippen molar-refractivity contribution in [2.75, 3.05) is 0 Å². The van der Waals surface area contributed by atoms with E-state index in [1.54, 1.807) is 6.92 Å². The van der Waals surface area contributed by atoms with Gasteiger partial charge < -0.3 is 9.84 Å². The van der Waals surface area contributed by atoms with Crippen molar-refractivity contribution in [3.05, 3.63) is 65.2 Å². The van der Waals surface area contributed by atoms with Crippen molar-refractivity contribution in [2.45, 2.75) is 37.6 Å². The quantitative estimate of drug-likeness (QED) is 0.506. The molecule has 0 bridgehead atoms. The standard InChI is InChI=1S/C21H21BrO3/c1-3-4-19(13-21(23)24)18-9-11-20(12-10-18)25-14-16-5-7-17(8-6-16)15(2)22/h5-12,15,19H,13-14H2,1-2H3,(H,23,24)/t15?,19-/m0/s1. The second-order valence-corrected chi connectivity index (χ2v) is 7.13. The van der Waals surface area contributed by atoms with Crippen LogP contribution in [0.1, 0.15) is 47.7 Å². The average molecular weight is 401 g/mol. The molecule has 4 heteroatoms. The molecule has 1 N–H and O–H groups in total.